The second kappa shape index (κ2) is 5.54. The van der Waals surface area contributed by atoms with Crippen LogP contribution in [0.5, 0.6) is 0 Å². The fourth-order valence-electron chi connectivity index (χ4n) is 2.94. The van der Waals surface area contributed by atoms with Crippen LogP contribution < -0.4 is 11.1 Å². The molecule has 0 spiro atoms. The fraction of sp³-hybridized carbons (Fsp3) is 0.400. The van der Waals surface area contributed by atoms with Crippen molar-refractivity contribution >= 4 is 22.6 Å². The Balaban J connectivity index is 1.77. The Kier molecular flexibility index (Phi) is 3.60. The number of anilines is 1. The Morgan fingerprint density at radius 1 is 1.25 bits per heavy atom. The maximum atomic E-state index is 12.3. The second-order valence-electron chi connectivity index (χ2n) is 5.28. The molecule has 2 aromatic rings. The van der Waals surface area contributed by atoms with E-state index >= 15 is 0 Å². The predicted octanol–water partition coefficient (Wildman–Crippen LogP) is 1.94. The zero-order valence-corrected chi connectivity index (χ0v) is 11.2. The summed E-state index contributed by atoms with van der Waals surface area (Å²) in [6.07, 6.45) is 6.38. The minimum Gasteiger partial charge on any atom is -0.330 e. The van der Waals surface area contributed by atoms with Gasteiger partial charge in [0.1, 0.15) is 0 Å². The Labute approximate surface area is 117 Å². The van der Waals surface area contributed by atoms with E-state index in [4.69, 9.17) is 5.73 Å². The van der Waals surface area contributed by atoms with Gasteiger partial charge in [0.05, 0.1) is 11.0 Å². The number of nitrogens with one attached hydrogen (secondary N) is 1. The van der Waals surface area contributed by atoms with Gasteiger partial charge in [0.25, 0.3) is 0 Å². The Hall–Kier alpha value is -2.01. The number of nitrogens with zero attached hydrogens (tertiary/aromatic N) is 2. The Morgan fingerprint density at radius 3 is 2.85 bits per heavy atom. The minimum atomic E-state index is 0.0394. The lowest BCUT2D eigenvalue weighted by Gasteiger charge is -2.17. The van der Waals surface area contributed by atoms with Gasteiger partial charge in [0.2, 0.25) is 5.91 Å². The number of hydrogen-bond acceptors (Lipinski definition) is 4. The summed E-state index contributed by atoms with van der Waals surface area (Å²) in [4.78, 5) is 20.8. The number of nitrogens with two attached hydrogens (primary N) is 1. The van der Waals surface area contributed by atoms with Crippen molar-refractivity contribution in [2.45, 2.75) is 19.3 Å². The van der Waals surface area contributed by atoms with Crippen LogP contribution in [0.2, 0.25) is 0 Å². The number of carbonyl (C=O) groups is 1. The predicted molar refractivity (Wildman–Crippen MR) is 78.1 cm³/mol. The highest BCUT2D eigenvalue weighted by atomic mass is 16.1. The molecular formula is C15H18N4O. The molecule has 0 aliphatic heterocycles. The van der Waals surface area contributed by atoms with E-state index in [-0.39, 0.29) is 11.8 Å². The molecule has 1 aromatic heterocycles. The lowest BCUT2D eigenvalue weighted by Crippen LogP contribution is -2.29. The Morgan fingerprint density at radius 2 is 2.05 bits per heavy atom. The van der Waals surface area contributed by atoms with E-state index in [2.05, 4.69) is 15.3 Å². The summed E-state index contributed by atoms with van der Waals surface area (Å²) in [5, 5.41) is 2.98. The molecular weight excluding hydrogens is 252 g/mol. The molecule has 5 nitrogen and oxygen atoms in total. The van der Waals surface area contributed by atoms with E-state index in [9.17, 15) is 4.79 Å². The van der Waals surface area contributed by atoms with Crippen LogP contribution in [0.25, 0.3) is 11.0 Å². The normalized spacial score (nSPS) is 22.1. The summed E-state index contributed by atoms with van der Waals surface area (Å²) in [6, 6.07) is 5.58. The summed E-state index contributed by atoms with van der Waals surface area (Å²) in [5.74, 6) is 0.425. The fourth-order valence-corrected chi connectivity index (χ4v) is 2.94. The first-order chi connectivity index (χ1) is 9.78. The largest absolute Gasteiger partial charge is 0.330 e. The van der Waals surface area contributed by atoms with Crippen LogP contribution in [0.15, 0.2) is 30.6 Å². The quantitative estimate of drug-likeness (QED) is 0.893. The van der Waals surface area contributed by atoms with Crippen LogP contribution in [0.3, 0.4) is 0 Å². The van der Waals surface area contributed by atoms with E-state index in [1.54, 1.807) is 12.4 Å². The molecule has 0 unspecified atom stereocenters. The van der Waals surface area contributed by atoms with Crippen molar-refractivity contribution in [2.24, 2.45) is 17.6 Å². The van der Waals surface area contributed by atoms with Crippen LogP contribution >= 0.6 is 0 Å². The van der Waals surface area contributed by atoms with E-state index < -0.39 is 0 Å². The topological polar surface area (TPSA) is 80.9 Å². The van der Waals surface area contributed by atoms with Gasteiger partial charge in [0, 0.05) is 24.0 Å². The van der Waals surface area contributed by atoms with E-state index in [1.807, 2.05) is 18.2 Å². The SMILES string of the molecule is NC[C@H]1CCC[C@H]1C(=O)Nc1ccc2nccnc2c1. The zero-order chi connectivity index (χ0) is 13.9. The molecule has 1 aliphatic rings. The number of fused-ring (bicyclic) bond motifs is 1. The summed E-state index contributed by atoms with van der Waals surface area (Å²) >= 11 is 0. The molecule has 3 N–H and O–H groups in total. The van der Waals surface area contributed by atoms with Gasteiger partial charge in [-0.25, -0.2) is 0 Å². The van der Waals surface area contributed by atoms with Gasteiger partial charge >= 0.3 is 0 Å². The average Bonchev–Trinajstić information content (AvgIpc) is 2.95. The third-order valence-corrected chi connectivity index (χ3v) is 4.04. The van der Waals surface area contributed by atoms with Crippen molar-refractivity contribution in [3.05, 3.63) is 30.6 Å². The van der Waals surface area contributed by atoms with Gasteiger partial charge in [-0.2, -0.15) is 0 Å². The van der Waals surface area contributed by atoms with Crippen molar-refractivity contribution in [3.8, 4) is 0 Å². The van der Waals surface area contributed by atoms with Crippen molar-refractivity contribution in [2.75, 3.05) is 11.9 Å². The third-order valence-electron chi connectivity index (χ3n) is 4.04. The maximum Gasteiger partial charge on any atom is 0.227 e. The smallest absolute Gasteiger partial charge is 0.227 e. The first-order valence-corrected chi connectivity index (χ1v) is 6.99. The number of aromatic nitrogens is 2. The molecule has 20 heavy (non-hydrogen) atoms. The summed E-state index contributed by atoms with van der Waals surface area (Å²) in [7, 11) is 0. The average molecular weight is 270 g/mol. The molecule has 0 saturated heterocycles. The lowest BCUT2D eigenvalue weighted by molar-refractivity contribution is -0.120. The first kappa shape index (κ1) is 13.0. The molecule has 1 saturated carbocycles. The highest BCUT2D eigenvalue weighted by Crippen LogP contribution is 2.32. The molecule has 1 fully saturated rings. The summed E-state index contributed by atoms with van der Waals surface area (Å²) < 4.78 is 0. The van der Waals surface area contributed by atoms with Crippen LogP contribution in [0, 0.1) is 11.8 Å². The number of rotatable bonds is 3. The summed E-state index contributed by atoms with van der Waals surface area (Å²) in [5.41, 5.74) is 8.11. The standard InChI is InChI=1S/C15H18N4O/c16-9-10-2-1-3-12(10)15(20)19-11-4-5-13-14(8-11)18-7-6-17-13/h4-8,10,12H,1-3,9,16H2,(H,19,20)/t10-,12-/m1/s1. The van der Waals surface area contributed by atoms with Crippen LogP contribution in [0.4, 0.5) is 5.69 Å². The number of carbonyl (C=O) groups excluding carboxylic acids is 1. The number of amides is 1. The second-order valence-corrected chi connectivity index (χ2v) is 5.28. The molecule has 0 bridgehead atoms. The van der Waals surface area contributed by atoms with Crippen molar-refractivity contribution in [1.82, 2.24) is 9.97 Å². The van der Waals surface area contributed by atoms with E-state index in [1.165, 1.54) is 0 Å². The molecule has 1 heterocycles. The monoisotopic (exact) mass is 270 g/mol. The molecule has 2 atom stereocenters. The highest BCUT2D eigenvalue weighted by molar-refractivity contribution is 5.94. The van der Waals surface area contributed by atoms with Crippen molar-refractivity contribution in [1.29, 1.82) is 0 Å². The van der Waals surface area contributed by atoms with Gasteiger partial charge in [-0.05, 0) is 43.5 Å². The Bertz CT molecular complexity index is 628. The van der Waals surface area contributed by atoms with Gasteiger partial charge in [-0.15, -0.1) is 0 Å². The molecule has 1 amide bonds. The molecule has 1 aliphatic carbocycles. The molecule has 0 radical (unpaired) electrons. The number of hydrogen-bond donors (Lipinski definition) is 2. The third kappa shape index (κ3) is 2.49. The zero-order valence-electron chi connectivity index (χ0n) is 11.2. The molecule has 104 valence electrons. The van der Waals surface area contributed by atoms with Crippen LogP contribution in [0.1, 0.15) is 19.3 Å². The molecule has 5 heteroatoms. The maximum absolute atomic E-state index is 12.3. The van der Waals surface area contributed by atoms with Gasteiger partial charge in [-0.3, -0.25) is 14.8 Å². The van der Waals surface area contributed by atoms with E-state index in [0.29, 0.717) is 12.5 Å². The van der Waals surface area contributed by atoms with Gasteiger partial charge in [0.15, 0.2) is 0 Å². The van der Waals surface area contributed by atoms with Crippen LogP contribution in [-0.2, 0) is 4.79 Å². The van der Waals surface area contributed by atoms with Crippen LogP contribution in [-0.4, -0.2) is 22.4 Å². The van der Waals surface area contributed by atoms with E-state index in [0.717, 1.165) is 36.0 Å². The van der Waals surface area contributed by atoms with Gasteiger partial charge in [-0.1, -0.05) is 6.42 Å². The molecule has 3 rings (SSSR count). The number of benzene rings is 1. The van der Waals surface area contributed by atoms with Gasteiger partial charge < -0.3 is 11.1 Å². The minimum absolute atomic E-state index is 0.0394. The molecule has 1 aromatic carbocycles. The first-order valence-electron chi connectivity index (χ1n) is 6.99. The van der Waals surface area contributed by atoms with Crippen molar-refractivity contribution < 1.29 is 4.79 Å². The summed E-state index contributed by atoms with van der Waals surface area (Å²) in [6.45, 7) is 0.585. The lowest BCUT2D eigenvalue weighted by atomic mass is 9.95. The highest BCUT2D eigenvalue weighted by Gasteiger charge is 2.31. The van der Waals surface area contributed by atoms with Crippen molar-refractivity contribution in [3.63, 3.8) is 0 Å².